The highest BCUT2D eigenvalue weighted by Crippen LogP contribution is 1.71. The fourth-order valence-corrected chi connectivity index (χ4v) is 0.0408. The van der Waals surface area contributed by atoms with E-state index in [0.717, 1.165) is 0 Å². The van der Waals surface area contributed by atoms with Crippen LogP contribution < -0.4 is 0 Å². The standard InChI is InChI=1S/C3H8O3/c4-1-3(6)2-5/h3-6H,1-2H2/i1+1D,3D/t1-,3+/m0/s1. The Morgan fingerprint density at radius 3 is 2.33 bits per heavy atom. The Morgan fingerprint density at radius 2 is 2.33 bits per heavy atom. The summed E-state index contributed by atoms with van der Waals surface area (Å²) >= 11 is 0. The van der Waals surface area contributed by atoms with E-state index in [0.29, 0.717) is 0 Å². The molecule has 0 aromatic heterocycles. The smallest absolute Gasteiger partial charge is 0.100 e. The summed E-state index contributed by atoms with van der Waals surface area (Å²) in [6.07, 6.45) is -2.43. The van der Waals surface area contributed by atoms with Gasteiger partial charge in [0.05, 0.1) is 15.9 Å². The van der Waals surface area contributed by atoms with Crippen LogP contribution >= 0.6 is 0 Å². The highest BCUT2D eigenvalue weighted by atomic mass is 16.4. The molecule has 3 heteroatoms. The van der Waals surface area contributed by atoms with E-state index in [-0.39, 0.29) is 0 Å². The van der Waals surface area contributed by atoms with Crippen molar-refractivity contribution in [2.75, 3.05) is 13.2 Å². The normalized spacial score (nSPS) is 29.8. The predicted molar refractivity (Wildman–Crippen MR) is 20.2 cm³/mol. The fraction of sp³-hybridized carbons (Fsp3) is 1.00. The Morgan fingerprint density at radius 1 is 1.83 bits per heavy atom. The quantitative estimate of drug-likeness (QED) is 0.359. The molecule has 0 fully saturated rings. The second-order valence-electron chi connectivity index (χ2n) is 0.779. The number of hydrogen-bond acceptors (Lipinski definition) is 3. The molecule has 0 unspecified atom stereocenters. The molecule has 2 atom stereocenters. The second kappa shape index (κ2) is 3.08. The fourth-order valence-electron chi connectivity index (χ4n) is 0.0408. The maximum Gasteiger partial charge on any atom is 0.100 e. The van der Waals surface area contributed by atoms with Gasteiger partial charge in [-0.1, -0.05) is 0 Å². The van der Waals surface area contributed by atoms with Gasteiger partial charge in [-0.2, -0.15) is 0 Å². The van der Waals surface area contributed by atoms with E-state index in [1.165, 1.54) is 0 Å². The van der Waals surface area contributed by atoms with Crippen molar-refractivity contribution in [2.45, 2.75) is 6.08 Å². The van der Waals surface area contributed by atoms with E-state index in [1.807, 2.05) is 0 Å². The maximum atomic E-state index is 8.38. The summed E-state index contributed by atoms with van der Waals surface area (Å²) in [7, 11) is 0. The lowest BCUT2D eigenvalue weighted by molar-refractivity contribution is 0.0450. The lowest BCUT2D eigenvalue weighted by Gasteiger charge is -1.96. The number of aliphatic hydroxyl groups is 3. The van der Waals surface area contributed by atoms with Crippen LogP contribution in [0.2, 0.25) is 0 Å². The first-order chi connectivity index (χ1) is 3.50. The molecule has 0 aliphatic carbocycles. The van der Waals surface area contributed by atoms with Crippen molar-refractivity contribution in [1.82, 2.24) is 0 Å². The van der Waals surface area contributed by atoms with Crippen molar-refractivity contribution in [2.24, 2.45) is 0 Å². The van der Waals surface area contributed by atoms with Crippen LogP contribution in [0.5, 0.6) is 0 Å². The van der Waals surface area contributed by atoms with Crippen molar-refractivity contribution >= 4 is 0 Å². The molecular weight excluding hydrogens is 85.0 g/mol. The first kappa shape index (κ1) is 2.96. The maximum absolute atomic E-state index is 8.38. The largest absolute Gasteiger partial charge is 0.394 e. The Hall–Kier alpha value is -0.120. The highest BCUT2D eigenvalue weighted by molar-refractivity contribution is 4.43. The van der Waals surface area contributed by atoms with Crippen LogP contribution in [-0.2, 0) is 0 Å². The average Bonchev–Trinajstić information content (AvgIpc) is 1.67. The summed E-state index contributed by atoms with van der Waals surface area (Å²) in [5.41, 5.74) is 0. The van der Waals surface area contributed by atoms with Gasteiger partial charge in [0, 0.05) is 0 Å². The lowest BCUT2D eigenvalue weighted by atomic mass is 10.6. The Labute approximate surface area is 38.7 Å². The third-order valence-corrected chi connectivity index (χ3v) is 0.311. The Bertz CT molecular complexity index is 72.9. The molecule has 0 spiro atoms. The summed E-state index contributed by atoms with van der Waals surface area (Å²) in [5, 5.41) is 24.6. The predicted octanol–water partition coefficient (Wildman–Crippen LogP) is -1.67. The van der Waals surface area contributed by atoms with Crippen molar-refractivity contribution in [3.63, 3.8) is 0 Å². The molecule has 3 N–H and O–H groups in total. The zero-order valence-electron chi connectivity index (χ0n) is 5.13. The van der Waals surface area contributed by atoms with Gasteiger partial charge in [0.2, 0.25) is 0 Å². The topological polar surface area (TPSA) is 60.7 Å². The van der Waals surface area contributed by atoms with Gasteiger partial charge >= 0.3 is 0 Å². The summed E-state index contributed by atoms with van der Waals surface area (Å²) < 4.78 is 12.8. The van der Waals surface area contributed by atoms with E-state index in [1.54, 1.807) is 0 Å². The molecule has 0 saturated heterocycles. The van der Waals surface area contributed by atoms with Gasteiger partial charge in [-0.15, -0.1) is 0 Å². The zero-order chi connectivity index (χ0) is 6.78. The number of aliphatic hydroxyl groups excluding tert-OH is 2. The minimum atomic E-state index is -2.43. The van der Waals surface area contributed by atoms with Gasteiger partial charge in [-0.05, 0) is 0 Å². The highest BCUT2D eigenvalue weighted by Gasteiger charge is 1.93. The van der Waals surface area contributed by atoms with Crippen LogP contribution in [0.3, 0.4) is 0 Å². The van der Waals surface area contributed by atoms with Gasteiger partial charge in [-0.25, -0.2) is 0 Å². The Balaban J connectivity index is 3.71. The summed E-state index contributed by atoms with van der Waals surface area (Å²) in [5.74, 6) is 0. The van der Waals surface area contributed by atoms with Gasteiger partial charge in [0.15, 0.2) is 0 Å². The van der Waals surface area contributed by atoms with Gasteiger partial charge < -0.3 is 15.3 Å². The van der Waals surface area contributed by atoms with E-state index >= 15 is 0 Å². The van der Waals surface area contributed by atoms with E-state index < -0.39 is 19.3 Å². The van der Waals surface area contributed by atoms with Crippen molar-refractivity contribution < 1.29 is 18.1 Å². The molecule has 0 bridgehead atoms. The molecule has 38 valence electrons. The molecule has 0 amide bonds. The first-order valence-corrected chi connectivity index (χ1v) is 1.44. The minimum absolute atomic E-state index is 0.933. The van der Waals surface area contributed by atoms with Crippen molar-refractivity contribution in [3.8, 4) is 0 Å². The third-order valence-electron chi connectivity index (χ3n) is 0.311. The van der Waals surface area contributed by atoms with Crippen LogP contribution in [0.15, 0.2) is 0 Å². The van der Waals surface area contributed by atoms with E-state index in [2.05, 4.69) is 0 Å². The SMILES string of the molecule is [2H][13C@H](O)[C@@]([2H])(O)CO. The van der Waals surface area contributed by atoms with Gasteiger partial charge in [0.25, 0.3) is 0 Å². The molecule has 0 saturated carbocycles. The first-order valence-electron chi connectivity index (χ1n) is 2.52. The monoisotopic (exact) mass is 95.1 g/mol. The molecule has 0 aromatic rings. The van der Waals surface area contributed by atoms with Crippen LogP contribution in [0.4, 0.5) is 0 Å². The molecule has 6 heavy (non-hydrogen) atoms. The summed E-state index contributed by atoms with van der Waals surface area (Å²) in [6, 6.07) is 0. The second-order valence-corrected chi connectivity index (χ2v) is 0.779. The third kappa shape index (κ3) is 2.14. The minimum Gasteiger partial charge on any atom is -0.394 e. The van der Waals surface area contributed by atoms with Crippen LogP contribution in [-0.4, -0.2) is 34.6 Å². The van der Waals surface area contributed by atoms with E-state index in [9.17, 15) is 0 Å². The van der Waals surface area contributed by atoms with Gasteiger partial charge in [0.1, 0.15) is 6.08 Å². The van der Waals surface area contributed by atoms with Crippen LogP contribution in [0, 0.1) is 0 Å². The van der Waals surface area contributed by atoms with Gasteiger partial charge in [-0.3, -0.25) is 0 Å². The molecular formula is C3H8O3. The molecule has 0 rings (SSSR count). The van der Waals surface area contributed by atoms with Crippen LogP contribution in [0.1, 0.15) is 2.74 Å². The molecule has 0 heterocycles. The molecule has 0 aromatic carbocycles. The molecule has 0 radical (unpaired) electrons. The lowest BCUT2D eigenvalue weighted by Crippen LogP contribution is -2.15. The number of hydrogen-bond donors (Lipinski definition) is 3. The van der Waals surface area contributed by atoms with Crippen molar-refractivity contribution in [3.05, 3.63) is 0 Å². The zero-order valence-corrected chi connectivity index (χ0v) is 3.13. The molecule has 0 aliphatic heterocycles. The van der Waals surface area contributed by atoms with Crippen LogP contribution in [0.25, 0.3) is 0 Å². The average molecular weight is 95.1 g/mol. The Kier molecular flexibility index (Phi) is 1.52. The van der Waals surface area contributed by atoms with Crippen molar-refractivity contribution in [1.29, 1.82) is 0 Å². The van der Waals surface area contributed by atoms with E-state index in [4.69, 9.17) is 18.1 Å². The summed E-state index contributed by atoms with van der Waals surface area (Å²) in [6.45, 7) is -2.90. The summed E-state index contributed by atoms with van der Waals surface area (Å²) in [4.78, 5) is 0. The molecule has 0 aliphatic rings. The molecule has 3 nitrogen and oxygen atoms in total. The number of rotatable bonds is 2.